The van der Waals surface area contributed by atoms with Gasteiger partial charge in [-0.15, -0.1) is 0 Å². The Morgan fingerprint density at radius 2 is 2.15 bits per heavy atom. The number of nitrogens with one attached hydrogen (secondary N) is 1. The Labute approximate surface area is 122 Å². The predicted molar refractivity (Wildman–Crippen MR) is 76.2 cm³/mol. The van der Waals surface area contributed by atoms with E-state index >= 15 is 0 Å². The molecule has 1 atom stereocenters. The van der Waals surface area contributed by atoms with Crippen LogP contribution in [0.5, 0.6) is 5.75 Å². The van der Waals surface area contributed by atoms with Gasteiger partial charge in [0.1, 0.15) is 11.8 Å². The molecule has 0 saturated heterocycles. The van der Waals surface area contributed by atoms with Crippen LogP contribution in [-0.2, 0) is 9.59 Å². The summed E-state index contributed by atoms with van der Waals surface area (Å²) in [4.78, 5) is 22.6. The maximum atomic E-state index is 11.7. The molecule has 1 aromatic carbocycles. The number of carbonyl (C=O) groups excluding carboxylic acids is 1. The number of aliphatic carboxylic acids is 1. The summed E-state index contributed by atoms with van der Waals surface area (Å²) in [5, 5.41) is 11.9. The standard InChI is InChI=1S/C14H18ClNO4/c1-3-5-11(14(18)19)16-13(17)8-20-12-7-4-6-10(15)9(12)2/h4,6-7,11H,3,5,8H2,1-2H3,(H,16,17)(H,18,19). The van der Waals surface area contributed by atoms with E-state index in [1.807, 2.05) is 6.92 Å². The van der Waals surface area contributed by atoms with Gasteiger partial charge in [0.15, 0.2) is 6.61 Å². The molecule has 6 heteroatoms. The molecule has 0 aliphatic carbocycles. The van der Waals surface area contributed by atoms with Crippen LogP contribution in [0, 0.1) is 6.92 Å². The summed E-state index contributed by atoms with van der Waals surface area (Å²) in [7, 11) is 0. The lowest BCUT2D eigenvalue weighted by atomic mass is 10.2. The molecule has 0 heterocycles. The Kier molecular flexibility index (Phi) is 6.31. The molecule has 0 radical (unpaired) electrons. The molecule has 0 aromatic heterocycles. The highest BCUT2D eigenvalue weighted by molar-refractivity contribution is 6.31. The number of hydrogen-bond donors (Lipinski definition) is 2. The minimum Gasteiger partial charge on any atom is -0.483 e. The molecule has 110 valence electrons. The second-order valence-corrected chi connectivity index (χ2v) is 4.81. The van der Waals surface area contributed by atoms with Gasteiger partial charge in [0, 0.05) is 10.6 Å². The van der Waals surface area contributed by atoms with Crippen molar-refractivity contribution in [2.75, 3.05) is 6.61 Å². The van der Waals surface area contributed by atoms with Crippen molar-refractivity contribution >= 4 is 23.5 Å². The van der Waals surface area contributed by atoms with Crippen molar-refractivity contribution in [3.05, 3.63) is 28.8 Å². The summed E-state index contributed by atoms with van der Waals surface area (Å²) in [5.74, 6) is -1.00. The smallest absolute Gasteiger partial charge is 0.326 e. The lowest BCUT2D eigenvalue weighted by molar-refractivity contribution is -0.142. The molecule has 0 saturated carbocycles. The van der Waals surface area contributed by atoms with E-state index in [0.717, 1.165) is 5.56 Å². The third-order valence-corrected chi connectivity index (χ3v) is 3.20. The number of hydrogen-bond acceptors (Lipinski definition) is 3. The van der Waals surface area contributed by atoms with Crippen LogP contribution in [0.1, 0.15) is 25.3 Å². The molecule has 0 aliphatic rings. The van der Waals surface area contributed by atoms with E-state index in [4.69, 9.17) is 21.4 Å². The highest BCUT2D eigenvalue weighted by Gasteiger charge is 2.19. The Balaban J connectivity index is 2.54. The van der Waals surface area contributed by atoms with Crippen LogP contribution < -0.4 is 10.1 Å². The molecule has 1 amide bonds. The number of benzene rings is 1. The van der Waals surface area contributed by atoms with Crippen LogP contribution in [0.3, 0.4) is 0 Å². The summed E-state index contributed by atoms with van der Waals surface area (Å²) in [6.45, 7) is 3.40. The minimum absolute atomic E-state index is 0.241. The molecular weight excluding hydrogens is 282 g/mol. The highest BCUT2D eigenvalue weighted by Crippen LogP contribution is 2.24. The number of carboxylic acid groups (broad SMARTS) is 1. The van der Waals surface area contributed by atoms with Crippen molar-refractivity contribution in [2.45, 2.75) is 32.7 Å². The normalized spacial score (nSPS) is 11.8. The van der Waals surface area contributed by atoms with E-state index < -0.39 is 17.9 Å². The van der Waals surface area contributed by atoms with Gasteiger partial charge in [0.05, 0.1) is 0 Å². The Hall–Kier alpha value is -1.75. The van der Waals surface area contributed by atoms with Gasteiger partial charge in [0.25, 0.3) is 5.91 Å². The van der Waals surface area contributed by atoms with E-state index in [9.17, 15) is 9.59 Å². The zero-order chi connectivity index (χ0) is 15.1. The van der Waals surface area contributed by atoms with E-state index in [2.05, 4.69) is 5.32 Å². The molecule has 1 aromatic rings. The van der Waals surface area contributed by atoms with Gasteiger partial charge in [-0.05, 0) is 25.5 Å². The zero-order valence-corrected chi connectivity index (χ0v) is 12.2. The van der Waals surface area contributed by atoms with Gasteiger partial charge < -0.3 is 15.2 Å². The fourth-order valence-electron chi connectivity index (χ4n) is 1.67. The first-order valence-corrected chi connectivity index (χ1v) is 6.73. The van der Waals surface area contributed by atoms with Gasteiger partial charge >= 0.3 is 5.97 Å². The molecule has 1 unspecified atom stereocenters. The summed E-state index contributed by atoms with van der Waals surface area (Å²) in [5.41, 5.74) is 0.741. The van der Waals surface area contributed by atoms with E-state index in [-0.39, 0.29) is 6.61 Å². The van der Waals surface area contributed by atoms with E-state index in [1.54, 1.807) is 25.1 Å². The van der Waals surface area contributed by atoms with Gasteiger partial charge in [-0.3, -0.25) is 4.79 Å². The van der Waals surface area contributed by atoms with Crippen LogP contribution in [0.4, 0.5) is 0 Å². The summed E-state index contributed by atoms with van der Waals surface area (Å²) >= 11 is 5.94. The van der Waals surface area contributed by atoms with Crippen molar-refractivity contribution in [3.63, 3.8) is 0 Å². The molecule has 20 heavy (non-hydrogen) atoms. The van der Waals surface area contributed by atoms with E-state index in [1.165, 1.54) is 0 Å². The van der Waals surface area contributed by atoms with Crippen molar-refractivity contribution in [3.8, 4) is 5.75 Å². The average Bonchev–Trinajstić information content (AvgIpc) is 2.40. The van der Waals surface area contributed by atoms with Gasteiger partial charge in [-0.2, -0.15) is 0 Å². The Bertz CT molecular complexity index is 490. The average molecular weight is 300 g/mol. The molecule has 0 aliphatic heterocycles. The Morgan fingerprint density at radius 1 is 1.45 bits per heavy atom. The zero-order valence-electron chi connectivity index (χ0n) is 11.5. The second kappa shape index (κ2) is 7.75. The Morgan fingerprint density at radius 3 is 2.75 bits per heavy atom. The number of carbonyl (C=O) groups is 2. The number of carboxylic acids is 1. The van der Waals surface area contributed by atoms with E-state index in [0.29, 0.717) is 23.6 Å². The summed E-state index contributed by atoms with van der Waals surface area (Å²) < 4.78 is 5.35. The molecule has 0 fully saturated rings. The second-order valence-electron chi connectivity index (χ2n) is 4.40. The van der Waals surface area contributed by atoms with Crippen LogP contribution in [0.2, 0.25) is 5.02 Å². The van der Waals surface area contributed by atoms with Crippen LogP contribution in [0.25, 0.3) is 0 Å². The third-order valence-electron chi connectivity index (χ3n) is 2.79. The third kappa shape index (κ3) is 4.74. The lowest BCUT2D eigenvalue weighted by Crippen LogP contribution is -2.42. The molecule has 1 rings (SSSR count). The summed E-state index contributed by atoms with van der Waals surface area (Å²) in [6, 6.07) is 4.28. The van der Waals surface area contributed by atoms with Crippen molar-refractivity contribution in [1.29, 1.82) is 0 Å². The quantitative estimate of drug-likeness (QED) is 0.810. The fourth-order valence-corrected chi connectivity index (χ4v) is 1.84. The highest BCUT2D eigenvalue weighted by atomic mass is 35.5. The SMILES string of the molecule is CCCC(NC(=O)COc1cccc(Cl)c1C)C(=O)O. The molecule has 0 bridgehead atoms. The number of rotatable bonds is 7. The molecular formula is C14H18ClNO4. The van der Waals surface area contributed by atoms with Crippen LogP contribution in [0.15, 0.2) is 18.2 Å². The van der Waals surface area contributed by atoms with Crippen molar-refractivity contribution < 1.29 is 19.4 Å². The largest absolute Gasteiger partial charge is 0.483 e. The fraction of sp³-hybridized carbons (Fsp3) is 0.429. The topological polar surface area (TPSA) is 75.6 Å². The number of halogens is 1. The van der Waals surface area contributed by atoms with Crippen LogP contribution >= 0.6 is 11.6 Å². The maximum absolute atomic E-state index is 11.7. The van der Waals surface area contributed by atoms with Gasteiger partial charge in [0.2, 0.25) is 0 Å². The first-order chi connectivity index (χ1) is 9.45. The molecule has 2 N–H and O–H groups in total. The van der Waals surface area contributed by atoms with Crippen molar-refractivity contribution in [1.82, 2.24) is 5.32 Å². The van der Waals surface area contributed by atoms with Crippen LogP contribution in [-0.4, -0.2) is 29.6 Å². The van der Waals surface area contributed by atoms with Gasteiger partial charge in [-0.25, -0.2) is 4.79 Å². The number of amides is 1. The molecule has 5 nitrogen and oxygen atoms in total. The predicted octanol–water partition coefficient (Wildman–Crippen LogP) is 2.40. The molecule has 0 spiro atoms. The minimum atomic E-state index is -1.04. The van der Waals surface area contributed by atoms with Gasteiger partial charge in [-0.1, -0.05) is 31.0 Å². The van der Waals surface area contributed by atoms with Crippen molar-refractivity contribution in [2.24, 2.45) is 0 Å². The number of ether oxygens (including phenoxy) is 1. The first kappa shape index (κ1) is 16.3. The first-order valence-electron chi connectivity index (χ1n) is 6.35. The maximum Gasteiger partial charge on any atom is 0.326 e. The summed E-state index contributed by atoms with van der Waals surface area (Å²) in [6.07, 6.45) is 1.06. The lowest BCUT2D eigenvalue weighted by Gasteiger charge is -2.14. The monoisotopic (exact) mass is 299 g/mol.